The van der Waals surface area contributed by atoms with E-state index in [0.29, 0.717) is 0 Å². The number of hydrogen-bond donors (Lipinski definition) is 0. The van der Waals surface area contributed by atoms with Crippen molar-refractivity contribution in [3.05, 3.63) is 24.2 Å². The summed E-state index contributed by atoms with van der Waals surface area (Å²) in [6.07, 6.45) is 1.74. The van der Waals surface area contributed by atoms with E-state index in [0.717, 1.165) is 22.5 Å². The lowest BCUT2D eigenvalue weighted by atomic mass is 10.0. The first-order valence-electron chi connectivity index (χ1n) is 3.83. The van der Waals surface area contributed by atoms with Gasteiger partial charge in [-0.15, -0.1) is 0 Å². The summed E-state index contributed by atoms with van der Waals surface area (Å²) < 4.78 is 0. The summed E-state index contributed by atoms with van der Waals surface area (Å²) in [6, 6.07) is 3.88. The van der Waals surface area contributed by atoms with Crippen molar-refractivity contribution in [1.29, 1.82) is 0 Å². The van der Waals surface area contributed by atoms with Crippen molar-refractivity contribution in [2.75, 3.05) is 0 Å². The molecule has 2 rings (SSSR count). The number of fused-ring (bicyclic) bond motifs is 1. The van der Waals surface area contributed by atoms with E-state index in [4.69, 9.17) is 0 Å². The van der Waals surface area contributed by atoms with Crippen molar-refractivity contribution in [2.24, 2.45) is 0 Å². The minimum absolute atomic E-state index is 0.777. The maximum Gasteiger partial charge on any atom is 0.165 e. The summed E-state index contributed by atoms with van der Waals surface area (Å²) in [5, 5.41) is 1.03. The van der Waals surface area contributed by atoms with Gasteiger partial charge in [-0.25, -0.2) is 15.0 Å². The first-order chi connectivity index (χ1) is 5.77. The molecule has 0 saturated heterocycles. The molecule has 2 heterocycles. The molecule has 3 nitrogen and oxygen atoms in total. The largest absolute Gasteiger partial charge is 0.248 e. The van der Waals surface area contributed by atoms with E-state index in [1.807, 2.05) is 26.9 Å². The number of aryl methyl sites for hydroxylation is 1. The second kappa shape index (κ2) is 2.55. The van der Waals surface area contributed by atoms with Gasteiger partial charge in [0.05, 0.1) is 0 Å². The molecule has 0 fully saturated rings. The molecule has 12 heavy (non-hydrogen) atoms. The highest BCUT2D eigenvalue weighted by atomic mass is 14.9. The second-order valence-electron chi connectivity index (χ2n) is 2.73. The Labute approximate surface area is 71.3 Å². The molecule has 0 aromatic carbocycles. The van der Waals surface area contributed by atoms with Crippen LogP contribution in [0.1, 0.15) is 5.82 Å². The van der Waals surface area contributed by atoms with E-state index in [2.05, 4.69) is 15.0 Å². The van der Waals surface area contributed by atoms with Gasteiger partial charge in [0.15, 0.2) is 13.5 Å². The topological polar surface area (TPSA) is 38.7 Å². The smallest absolute Gasteiger partial charge is 0.165 e. The summed E-state index contributed by atoms with van der Waals surface area (Å²) in [7, 11) is 1.97. The van der Waals surface area contributed by atoms with E-state index in [9.17, 15) is 0 Å². The Bertz CT molecular complexity index is 428. The van der Waals surface area contributed by atoms with Crippen LogP contribution in [0.3, 0.4) is 0 Å². The third kappa shape index (κ3) is 1.05. The van der Waals surface area contributed by atoms with Crippen LogP contribution in [0, 0.1) is 6.92 Å². The molecule has 0 unspecified atom stereocenters. The third-order valence-electron chi connectivity index (χ3n) is 1.77. The zero-order chi connectivity index (χ0) is 8.55. The fourth-order valence-corrected chi connectivity index (χ4v) is 1.25. The molecule has 2 aromatic heterocycles. The van der Waals surface area contributed by atoms with Gasteiger partial charge >= 0.3 is 0 Å². The monoisotopic (exact) mass is 157 g/mol. The predicted octanol–water partition coefficient (Wildman–Crippen LogP) is -0.408. The molecule has 0 N–H and O–H groups in total. The summed E-state index contributed by atoms with van der Waals surface area (Å²) >= 11 is 0. The van der Waals surface area contributed by atoms with E-state index < -0.39 is 0 Å². The number of nitrogens with zero attached hydrogens (tertiary/aromatic N) is 3. The highest BCUT2D eigenvalue weighted by Gasteiger charge is 1.99. The maximum atomic E-state index is 4.25. The van der Waals surface area contributed by atoms with Gasteiger partial charge in [0.1, 0.15) is 5.82 Å². The standard InChI is InChI=1S/C8H8BN3/c1-5-11-7(9)6-3-2-4-10-8(6)12-5/h2-4H,9H2,1H3. The lowest BCUT2D eigenvalue weighted by Crippen LogP contribution is -2.12. The van der Waals surface area contributed by atoms with Crippen LogP contribution in [0.25, 0.3) is 11.0 Å². The molecular formula is C8H8BN3. The fourth-order valence-electron chi connectivity index (χ4n) is 1.25. The van der Waals surface area contributed by atoms with Gasteiger partial charge < -0.3 is 0 Å². The van der Waals surface area contributed by atoms with Crippen LogP contribution < -0.4 is 5.59 Å². The average Bonchev–Trinajstić information content (AvgIpc) is 2.04. The van der Waals surface area contributed by atoms with Crippen molar-refractivity contribution in [2.45, 2.75) is 6.92 Å². The Morgan fingerprint density at radius 3 is 3.00 bits per heavy atom. The fraction of sp³-hybridized carbons (Fsp3) is 0.125. The average molecular weight is 157 g/mol. The first-order valence-corrected chi connectivity index (χ1v) is 3.83. The van der Waals surface area contributed by atoms with Crippen LogP contribution in [0.15, 0.2) is 18.3 Å². The number of hydrogen-bond acceptors (Lipinski definition) is 3. The summed E-state index contributed by atoms with van der Waals surface area (Å²) in [4.78, 5) is 12.6. The Hall–Kier alpha value is -1.45. The van der Waals surface area contributed by atoms with Crippen LogP contribution in [-0.4, -0.2) is 22.8 Å². The molecule has 0 bridgehead atoms. The van der Waals surface area contributed by atoms with Crippen LogP contribution in [-0.2, 0) is 0 Å². The highest BCUT2D eigenvalue weighted by molar-refractivity contribution is 6.36. The Morgan fingerprint density at radius 1 is 1.33 bits per heavy atom. The molecule has 0 amide bonds. The van der Waals surface area contributed by atoms with Gasteiger partial charge in [0.25, 0.3) is 0 Å². The summed E-state index contributed by atoms with van der Waals surface area (Å²) in [6.45, 7) is 1.88. The molecule has 2 aromatic rings. The minimum Gasteiger partial charge on any atom is -0.248 e. The minimum atomic E-state index is 0.777. The van der Waals surface area contributed by atoms with Gasteiger partial charge in [0.2, 0.25) is 0 Å². The molecule has 0 aliphatic heterocycles. The molecule has 0 radical (unpaired) electrons. The van der Waals surface area contributed by atoms with Crippen molar-refractivity contribution in [1.82, 2.24) is 15.0 Å². The number of rotatable bonds is 0. The van der Waals surface area contributed by atoms with Gasteiger partial charge in [-0.2, -0.15) is 0 Å². The van der Waals surface area contributed by atoms with Crippen molar-refractivity contribution in [3.63, 3.8) is 0 Å². The zero-order valence-electron chi connectivity index (χ0n) is 7.07. The molecule has 0 aliphatic carbocycles. The summed E-state index contributed by atoms with van der Waals surface area (Å²) in [5.74, 6) is 0.777. The summed E-state index contributed by atoms with van der Waals surface area (Å²) in [5.41, 5.74) is 1.77. The normalized spacial score (nSPS) is 10.4. The third-order valence-corrected chi connectivity index (χ3v) is 1.77. The van der Waals surface area contributed by atoms with Gasteiger partial charge in [0, 0.05) is 17.2 Å². The van der Waals surface area contributed by atoms with E-state index in [-0.39, 0.29) is 0 Å². The Morgan fingerprint density at radius 2 is 2.17 bits per heavy atom. The lowest BCUT2D eigenvalue weighted by Gasteiger charge is -2.00. The lowest BCUT2D eigenvalue weighted by molar-refractivity contribution is 1.09. The molecule has 0 spiro atoms. The molecular weight excluding hydrogens is 149 g/mol. The van der Waals surface area contributed by atoms with E-state index >= 15 is 0 Å². The molecule has 0 saturated carbocycles. The Balaban J connectivity index is 2.89. The second-order valence-corrected chi connectivity index (χ2v) is 2.73. The zero-order valence-corrected chi connectivity index (χ0v) is 7.07. The van der Waals surface area contributed by atoms with Gasteiger partial charge in [-0.05, 0) is 19.1 Å². The maximum absolute atomic E-state index is 4.25. The number of pyridine rings is 1. The first kappa shape index (κ1) is 7.22. The number of aromatic nitrogens is 3. The van der Waals surface area contributed by atoms with Gasteiger partial charge in [-0.3, -0.25) is 0 Å². The predicted molar refractivity (Wildman–Crippen MR) is 50.2 cm³/mol. The van der Waals surface area contributed by atoms with Gasteiger partial charge in [-0.1, -0.05) is 0 Å². The highest BCUT2D eigenvalue weighted by Crippen LogP contribution is 2.02. The van der Waals surface area contributed by atoms with Crippen molar-refractivity contribution in [3.8, 4) is 0 Å². The SMILES string of the molecule is Bc1nc(C)nc2ncccc12. The quantitative estimate of drug-likeness (QED) is 0.488. The van der Waals surface area contributed by atoms with E-state index in [1.54, 1.807) is 6.20 Å². The van der Waals surface area contributed by atoms with E-state index in [1.165, 1.54) is 0 Å². The van der Waals surface area contributed by atoms with Crippen LogP contribution in [0.2, 0.25) is 0 Å². The van der Waals surface area contributed by atoms with Crippen molar-refractivity contribution >= 4 is 24.5 Å². The Kier molecular flexibility index (Phi) is 1.53. The van der Waals surface area contributed by atoms with Crippen LogP contribution in [0.4, 0.5) is 0 Å². The molecule has 4 heteroatoms. The van der Waals surface area contributed by atoms with Crippen LogP contribution in [0.5, 0.6) is 0 Å². The molecule has 0 aliphatic rings. The molecule has 0 atom stereocenters. The van der Waals surface area contributed by atoms with Crippen LogP contribution >= 0.6 is 0 Å². The van der Waals surface area contributed by atoms with Crippen molar-refractivity contribution < 1.29 is 0 Å². The molecule has 58 valence electrons.